The SMILES string of the molecule is COc1ccc2[nH]c(-c3cc(C)cc(C)c3)c(CCN3C(=O)c4ccccc4C3=O)c2c1. The van der Waals surface area contributed by atoms with Crippen LogP contribution in [-0.4, -0.2) is 35.4 Å². The molecular formula is C27H24N2O3. The smallest absolute Gasteiger partial charge is 0.261 e. The molecule has 32 heavy (non-hydrogen) atoms. The van der Waals surface area contributed by atoms with Crippen molar-refractivity contribution in [1.29, 1.82) is 0 Å². The van der Waals surface area contributed by atoms with E-state index in [0.717, 1.165) is 33.5 Å². The summed E-state index contributed by atoms with van der Waals surface area (Å²) in [6.45, 7) is 4.48. The number of imide groups is 1. The Hall–Kier alpha value is -3.86. The highest BCUT2D eigenvalue weighted by atomic mass is 16.5. The molecule has 0 radical (unpaired) electrons. The number of H-pyrrole nitrogens is 1. The fraction of sp³-hybridized carbons (Fsp3) is 0.185. The zero-order valence-corrected chi connectivity index (χ0v) is 18.4. The van der Waals surface area contributed by atoms with E-state index in [1.165, 1.54) is 16.0 Å². The van der Waals surface area contributed by atoms with Gasteiger partial charge in [0.25, 0.3) is 11.8 Å². The van der Waals surface area contributed by atoms with E-state index >= 15 is 0 Å². The van der Waals surface area contributed by atoms with Gasteiger partial charge in [0.15, 0.2) is 0 Å². The number of carbonyl (C=O) groups excluding carboxylic acids is 2. The second-order valence-electron chi connectivity index (χ2n) is 8.32. The number of carbonyl (C=O) groups is 2. The van der Waals surface area contributed by atoms with E-state index in [1.54, 1.807) is 31.4 Å². The van der Waals surface area contributed by atoms with Crippen LogP contribution >= 0.6 is 0 Å². The summed E-state index contributed by atoms with van der Waals surface area (Å²) in [5.74, 6) is 0.317. The molecule has 3 aromatic carbocycles. The van der Waals surface area contributed by atoms with Crippen LogP contribution in [0.4, 0.5) is 0 Å². The quantitative estimate of drug-likeness (QED) is 0.442. The maximum atomic E-state index is 12.9. The van der Waals surface area contributed by atoms with Crippen molar-refractivity contribution in [2.45, 2.75) is 20.3 Å². The number of hydrogen-bond donors (Lipinski definition) is 1. The third-order valence-corrected chi connectivity index (χ3v) is 6.09. The largest absolute Gasteiger partial charge is 0.497 e. The molecular weight excluding hydrogens is 400 g/mol. The summed E-state index contributed by atoms with van der Waals surface area (Å²) in [6.07, 6.45) is 0.543. The first-order valence-electron chi connectivity index (χ1n) is 10.7. The number of hydrogen-bond acceptors (Lipinski definition) is 3. The summed E-state index contributed by atoms with van der Waals surface area (Å²) < 4.78 is 5.45. The van der Waals surface area contributed by atoms with Crippen molar-refractivity contribution in [1.82, 2.24) is 9.88 Å². The molecule has 1 aliphatic rings. The van der Waals surface area contributed by atoms with Crippen molar-refractivity contribution in [3.63, 3.8) is 0 Å². The first-order valence-corrected chi connectivity index (χ1v) is 10.7. The molecule has 1 aliphatic heterocycles. The Morgan fingerprint density at radius 1 is 0.875 bits per heavy atom. The van der Waals surface area contributed by atoms with Crippen LogP contribution in [0.15, 0.2) is 60.7 Å². The number of aryl methyl sites for hydroxylation is 2. The van der Waals surface area contributed by atoms with Gasteiger partial charge in [-0.05, 0) is 73.9 Å². The van der Waals surface area contributed by atoms with Crippen LogP contribution in [0.2, 0.25) is 0 Å². The maximum Gasteiger partial charge on any atom is 0.261 e. The lowest BCUT2D eigenvalue weighted by Crippen LogP contribution is -2.31. The Morgan fingerprint density at radius 3 is 2.16 bits per heavy atom. The van der Waals surface area contributed by atoms with Gasteiger partial charge in [-0.15, -0.1) is 0 Å². The minimum absolute atomic E-state index is 0.226. The molecule has 1 N–H and O–H groups in total. The minimum Gasteiger partial charge on any atom is -0.497 e. The van der Waals surface area contributed by atoms with E-state index in [-0.39, 0.29) is 11.8 Å². The lowest BCUT2D eigenvalue weighted by molar-refractivity contribution is 0.0656. The molecule has 2 amide bonds. The van der Waals surface area contributed by atoms with Crippen molar-refractivity contribution < 1.29 is 14.3 Å². The maximum absolute atomic E-state index is 12.9. The summed E-state index contributed by atoms with van der Waals surface area (Å²) in [5, 5.41) is 1.04. The highest BCUT2D eigenvalue weighted by molar-refractivity contribution is 6.21. The average Bonchev–Trinajstić information content (AvgIpc) is 3.26. The molecule has 0 bridgehead atoms. The number of methoxy groups -OCH3 is 1. The Morgan fingerprint density at radius 2 is 1.53 bits per heavy atom. The third kappa shape index (κ3) is 3.26. The summed E-state index contributed by atoms with van der Waals surface area (Å²) in [6, 6.07) is 19.4. The van der Waals surface area contributed by atoms with Gasteiger partial charge in [0.05, 0.1) is 18.2 Å². The van der Waals surface area contributed by atoms with E-state index in [2.05, 4.69) is 37.0 Å². The van der Waals surface area contributed by atoms with Crippen molar-refractivity contribution in [3.05, 3.63) is 88.5 Å². The fourth-order valence-corrected chi connectivity index (χ4v) is 4.64. The fourth-order valence-electron chi connectivity index (χ4n) is 4.64. The first kappa shape index (κ1) is 20.1. The molecule has 5 heteroatoms. The van der Waals surface area contributed by atoms with E-state index in [9.17, 15) is 9.59 Å². The number of aromatic nitrogens is 1. The van der Waals surface area contributed by atoms with Gasteiger partial charge < -0.3 is 9.72 Å². The first-order chi connectivity index (χ1) is 15.5. The molecule has 0 spiro atoms. The number of nitrogens with zero attached hydrogens (tertiary/aromatic N) is 1. The Kier molecular flexibility index (Phi) is 4.82. The predicted octanol–water partition coefficient (Wildman–Crippen LogP) is 5.30. The van der Waals surface area contributed by atoms with Crippen molar-refractivity contribution >= 4 is 22.7 Å². The van der Waals surface area contributed by atoms with Gasteiger partial charge in [-0.1, -0.05) is 29.3 Å². The molecule has 0 fully saturated rings. The average molecular weight is 425 g/mol. The van der Waals surface area contributed by atoms with Crippen LogP contribution in [0.25, 0.3) is 22.2 Å². The molecule has 5 nitrogen and oxygen atoms in total. The standard InChI is InChI=1S/C27H24N2O3/c1-16-12-17(2)14-18(13-16)25-20(23-15-19(32-3)8-9-24(23)28-25)10-11-29-26(30)21-6-4-5-7-22(21)27(29)31/h4-9,12-15,28H,10-11H2,1-3H3. The van der Waals surface area contributed by atoms with Gasteiger partial charge in [-0.2, -0.15) is 0 Å². The van der Waals surface area contributed by atoms with Crippen LogP contribution in [0, 0.1) is 13.8 Å². The number of fused-ring (bicyclic) bond motifs is 2. The Bertz CT molecular complexity index is 1330. The van der Waals surface area contributed by atoms with Gasteiger partial charge in [-0.3, -0.25) is 14.5 Å². The molecule has 0 saturated carbocycles. The van der Waals surface area contributed by atoms with Gasteiger partial charge >= 0.3 is 0 Å². The van der Waals surface area contributed by atoms with E-state index < -0.39 is 0 Å². The lowest BCUT2D eigenvalue weighted by Gasteiger charge is -2.15. The highest BCUT2D eigenvalue weighted by Crippen LogP contribution is 2.34. The number of ether oxygens (including phenoxy) is 1. The number of nitrogens with one attached hydrogen (secondary N) is 1. The number of aromatic amines is 1. The molecule has 0 aliphatic carbocycles. The minimum atomic E-state index is -0.226. The molecule has 0 saturated heterocycles. The molecule has 5 rings (SSSR count). The van der Waals surface area contributed by atoms with Crippen LogP contribution in [-0.2, 0) is 6.42 Å². The van der Waals surface area contributed by atoms with Crippen molar-refractivity contribution in [2.75, 3.05) is 13.7 Å². The molecule has 2 heterocycles. The lowest BCUT2D eigenvalue weighted by atomic mass is 9.99. The van der Waals surface area contributed by atoms with E-state index in [4.69, 9.17) is 4.74 Å². The summed E-state index contributed by atoms with van der Waals surface area (Å²) in [4.78, 5) is 30.6. The second-order valence-corrected chi connectivity index (χ2v) is 8.32. The molecule has 1 aromatic heterocycles. The number of benzene rings is 3. The van der Waals surface area contributed by atoms with Crippen LogP contribution in [0.3, 0.4) is 0 Å². The second kappa shape index (κ2) is 7.68. The van der Waals surface area contributed by atoms with Crippen molar-refractivity contribution in [3.8, 4) is 17.0 Å². The Balaban J connectivity index is 1.57. The van der Waals surface area contributed by atoms with E-state index in [1.807, 2.05) is 18.2 Å². The topological polar surface area (TPSA) is 62.4 Å². The summed E-state index contributed by atoms with van der Waals surface area (Å²) in [7, 11) is 1.65. The highest BCUT2D eigenvalue weighted by Gasteiger charge is 2.35. The summed E-state index contributed by atoms with van der Waals surface area (Å²) >= 11 is 0. The molecule has 0 unspecified atom stereocenters. The third-order valence-electron chi connectivity index (χ3n) is 6.09. The number of rotatable bonds is 5. The summed E-state index contributed by atoms with van der Waals surface area (Å²) in [5.41, 5.74) is 7.50. The predicted molar refractivity (Wildman–Crippen MR) is 125 cm³/mol. The van der Waals surface area contributed by atoms with Gasteiger partial charge in [0, 0.05) is 23.1 Å². The molecule has 4 aromatic rings. The van der Waals surface area contributed by atoms with Crippen LogP contribution < -0.4 is 4.74 Å². The van der Waals surface area contributed by atoms with Crippen LogP contribution in [0.1, 0.15) is 37.4 Å². The van der Waals surface area contributed by atoms with Crippen molar-refractivity contribution in [2.24, 2.45) is 0 Å². The molecule has 160 valence electrons. The number of amides is 2. The van der Waals surface area contributed by atoms with E-state index in [0.29, 0.717) is 24.1 Å². The normalized spacial score (nSPS) is 13.2. The van der Waals surface area contributed by atoms with Crippen LogP contribution in [0.5, 0.6) is 5.75 Å². The van der Waals surface area contributed by atoms with Gasteiger partial charge in [0.2, 0.25) is 0 Å². The zero-order chi connectivity index (χ0) is 22.4. The monoisotopic (exact) mass is 424 g/mol. The Labute approximate surface area is 186 Å². The molecule has 0 atom stereocenters. The van der Waals surface area contributed by atoms with Gasteiger partial charge in [0.1, 0.15) is 5.75 Å². The van der Waals surface area contributed by atoms with Gasteiger partial charge in [-0.25, -0.2) is 0 Å². The zero-order valence-electron chi connectivity index (χ0n) is 18.4.